The molecule has 1 aromatic carbocycles. The Bertz CT molecular complexity index is 1070. The van der Waals surface area contributed by atoms with Crippen molar-refractivity contribution in [3.63, 3.8) is 0 Å². The van der Waals surface area contributed by atoms with Crippen LogP contribution >= 0.6 is 22.7 Å². The highest BCUT2D eigenvalue weighted by Crippen LogP contribution is 2.34. The molecule has 26 heavy (non-hydrogen) atoms. The molecule has 0 aliphatic rings. The lowest BCUT2D eigenvalue weighted by Crippen LogP contribution is -2.24. The van der Waals surface area contributed by atoms with Crippen LogP contribution in [0.1, 0.15) is 15.2 Å². The average Bonchev–Trinajstić information content (AvgIpc) is 3.34. The molecule has 3 aromatic heterocycles. The van der Waals surface area contributed by atoms with Gasteiger partial charge in [0, 0.05) is 24.5 Å². The van der Waals surface area contributed by atoms with Gasteiger partial charge in [0.15, 0.2) is 0 Å². The molecule has 1 amide bonds. The molecule has 0 aliphatic carbocycles. The van der Waals surface area contributed by atoms with E-state index in [1.54, 1.807) is 47.3 Å². The zero-order valence-corrected chi connectivity index (χ0v) is 15.7. The number of aryl methyl sites for hydroxylation is 1. The van der Waals surface area contributed by atoms with E-state index in [1.165, 1.54) is 23.0 Å². The molecule has 4 aromatic rings. The third kappa shape index (κ3) is 3.15. The van der Waals surface area contributed by atoms with Crippen LogP contribution in [0, 0.1) is 5.82 Å². The van der Waals surface area contributed by atoms with Crippen LogP contribution in [-0.4, -0.2) is 22.2 Å². The lowest BCUT2D eigenvalue weighted by atomic mass is 10.1. The third-order valence-electron chi connectivity index (χ3n) is 4.14. The predicted octanol–water partition coefficient (Wildman–Crippen LogP) is 4.47. The van der Waals surface area contributed by atoms with Crippen LogP contribution in [0.3, 0.4) is 0 Å². The van der Waals surface area contributed by atoms with Gasteiger partial charge in [-0.05, 0) is 47.0 Å². The van der Waals surface area contributed by atoms with Gasteiger partial charge in [0.05, 0.1) is 4.88 Å². The molecule has 0 atom stereocenters. The molecule has 0 radical (unpaired) electrons. The number of carbonyl (C=O) groups excluding carboxylic acids is 1. The number of hydrogen-bond acceptors (Lipinski definition) is 4. The molecule has 4 rings (SSSR count). The topological polar surface area (TPSA) is 46.9 Å². The Balaban J connectivity index is 1.58. The fourth-order valence-corrected chi connectivity index (χ4v) is 4.54. The number of amides is 1. The fourth-order valence-electron chi connectivity index (χ4n) is 2.85. The van der Waals surface area contributed by atoms with E-state index in [9.17, 15) is 9.18 Å². The molecule has 4 nitrogen and oxygen atoms in total. The van der Waals surface area contributed by atoms with E-state index in [0.29, 0.717) is 22.7 Å². The number of thiophene rings is 2. The van der Waals surface area contributed by atoms with Crippen molar-refractivity contribution < 1.29 is 9.18 Å². The van der Waals surface area contributed by atoms with Crippen LogP contribution in [0.4, 0.5) is 4.39 Å². The summed E-state index contributed by atoms with van der Waals surface area (Å²) in [5.41, 5.74) is 2.23. The van der Waals surface area contributed by atoms with E-state index < -0.39 is 0 Å². The Morgan fingerprint density at radius 1 is 1.31 bits per heavy atom. The zero-order valence-electron chi connectivity index (χ0n) is 14.0. The second-order valence-electron chi connectivity index (χ2n) is 5.92. The number of hydrogen-bond donors (Lipinski definition) is 1. The summed E-state index contributed by atoms with van der Waals surface area (Å²) < 4.78 is 15.9. The maximum atomic E-state index is 14.2. The van der Waals surface area contributed by atoms with Gasteiger partial charge in [0.1, 0.15) is 16.3 Å². The summed E-state index contributed by atoms with van der Waals surface area (Å²) in [7, 11) is 1.81. The van der Waals surface area contributed by atoms with E-state index in [-0.39, 0.29) is 11.7 Å². The third-order valence-corrected chi connectivity index (χ3v) is 6.08. The predicted molar refractivity (Wildman–Crippen MR) is 104 cm³/mol. The molecule has 0 unspecified atom stereocenters. The maximum absolute atomic E-state index is 14.2. The second-order valence-corrected chi connectivity index (χ2v) is 7.73. The first-order valence-electron chi connectivity index (χ1n) is 8.14. The molecule has 1 N–H and O–H groups in total. The molecule has 7 heteroatoms. The van der Waals surface area contributed by atoms with Crippen LogP contribution in [0.5, 0.6) is 0 Å². The molecule has 0 saturated heterocycles. The van der Waals surface area contributed by atoms with Crippen molar-refractivity contribution in [1.29, 1.82) is 0 Å². The van der Waals surface area contributed by atoms with E-state index in [4.69, 9.17) is 0 Å². The minimum atomic E-state index is -0.319. The summed E-state index contributed by atoms with van der Waals surface area (Å²) in [5, 5.41) is 12.3. The van der Waals surface area contributed by atoms with Gasteiger partial charge in [-0.3, -0.25) is 9.48 Å². The fraction of sp³-hybridized carbons (Fsp3) is 0.158. The second kappa shape index (κ2) is 7.01. The van der Waals surface area contributed by atoms with Crippen molar-refractivity contribution in [3.05, 3.63) is 63.4 Å². The first-order chi connectivity index (χ1) is 12.6. The van der Waals surface area contributed by atoms with Gasteiger partial charge in [0.25, 0.3) is 5.91 Å². The van der Waals surface area contributed by atoms with Crippen LogP contribution in [0.15, 0.2) is 47.2 Å². The van der Waals surface area contributed by atoms with Crippen molar-refractivity contribution in [2.45, 2.75) is 6.42 Å². The SMILES string of the molecule is Cn1nc(-c2ccccc2F)c2cc(C(=O)NCCc3ccsc3)sc21. The van der Waals surface area contributed by atoms with Crippen LogP contribution in [-0.2, 0) is 13.5 Å². The first-order valence-corrected chi connectivity index (χ1v) is 9.90. The lowest BCUT2D eigenvalue weighted by molar-refractivity contribution is 0.0958. The number of benzene rings is 1. The summed E-state index contributed by atoms with van der Waals surface area (Å²) in [6.45, 7) is 0.586. The van der Waals surface area contributed by atoms with Crippen molar-refractivity contribution in [1.82, 2.24) is 15.1 Å². The molecule has 0 saturated carbocycles. The normalized spacial score (nSPS) is 11.2. The molecule has 0 bridgehead atoms. The van der Waals surface area contributed by atoms with Gasteiger partial charge in [-0.2, -0.15) is 16.4 Å². The van der Waals surface area contributed by atoms with Crippen molar-refractivity contribution in [3.8, 4) is 11.3 Å². The molecule has 0 fully saturated rings. The monoisotopic (exact) mass is 385 g/mol. The summed E-state index contributed by atoms with van der Waals surface area (Å²) >= 11 is 3.02. The minimum absolute atomic E-state index is 0.110. The number of carbonyl (C=O) groups is 1. The van der Waals surface area contributed by atoms with Crippen molar-refractivity contribution in [2.24, 2.45) is 7.05 Å². The van der Waals surface area contributed by atoms with Gasteiger partial charge in [-0.1, -0.05) is 12.1 Å². The standard InChI is InChI=1S/C19H16FN3OS2/c1-23-19-14(17(22-23)13-4-2-3-5-15(13)20)10-16(26-19)18(24)21-8-6-12-7-9-25-11-12/h2-5,7,9-11H,6,8H2,1H3,(H,21,24). The Morgan fingerprint density at radius 2 is 2.15 bits per heavy atom. The van der Waals surface area contributed by atoms with Gasteiger partial charge in [-0.15, -0.1) is 11.3 Å². The van der Waals surface area contributed by atoms with Crippen LogP contribution in [0.2, 0.25) is 0 Å². The molecule has 132 valence electrons. The number of rotatable bonds is 5. The molecular formula is C19H16FN3OS2. The largest absolute Gasteiger partial charge is 0.351 e. The van der Waals surface area contributed by atoms with Crippen LogP contribution < -0.4 is 5.32 Å². The quantitative estimate of drug-likeness (QED) is 0.551. The first kappa shape index (κ1) is 16.9. The van der Waals surface area contributed by atoms with E-state index in [2.05, 4.69) is 21.9 Å². The average molecular weight is 385 g/mol. The number of fused-ring (bicyclic) bond motifs is 1. The van der Waals surface area contributed by atoms with Crippen molar-refractivity contribution >= 4 is 38.8 Å². The molecular weight excluding hydrogens is 369 g/mol. The summed E-state index contributed by atoms with van der Waals surface area (Å²) in [5.74, 6) is -0.429. The highest BCUT2D eigenvalue weighted by molar-refractivity contribution is 7.20. The summed E-state index contributed by atoms with van der Waals surface area (Å²) in [4.78, 5) is 13.9. The van der Waals surface area contributed by atoms with Crippen LogP contribution in [0.25, 0.3) is 21.5 Å². The molecule has 0 aliphatic heterocycles. The van der Waals surface area contributed by atoms with E-state index >= 15 is 0 Å². The Morgan fingerprint density at radius 3 is 2.92 bits per heavy atom. The van der Waals surface area contributed by atoms with Gasteiger partial charge in [-0.25, -0.2) is 4.39 Å². The summed E-state index contributed by atoms with van der Waals surface area (Å²) in [6.07, 6.45) is 0.808. The zero-order chi connectivity index (χ0) is 18.1. The smallest absolute Gasteiger partial charge is 0.261 e. The van der Waals surface area contributed by atoms with Gasteiger partial charge in [0.2, 0.25) is 0 Å². The highest BCUT2D eigenvalue weighted by Gasteiger charge is 2.19. The van der Waals surface area contributed by atoms with E-state index in [1.807, 2.05) is 5.38 Å². The highest BCUT2D eigenvalue weighted by atomic mass is 32.1. The molecule has 3 heterocycles. The minimum Gasteiger partial charge on any atom is -0.351 e. The molecule has 0 spiro atoms. The van der Waals surface area contributed by atoms with Gasteiger partial charge < -0.3 is 5.32 Å². The number of nitrogens with one attached hydrogen (secondary N) is 1. The van der Waals surface area contributed by atoms with Crippen molar-refractivity contribution in [2.75, 3.05) is 6.54 Å². The Labute approximate surface area is 157 Å². The number of halogens is 1. The number of nitrogens with zero attached hydrogens (tertiary/aromatic N) is 2. The Kier molecular flexibility index (Phi) is 4.57. The Hall–Kier alpha value is -2.51. The lowest BCUT2D eigenvalue weighted by Gasteiger charge is -2.02. The summed E-state index contributed by atoms with van der Waals surface area (Å²) in [6, 6.07) is 10.4. The van der Waals surface area contributed by atoms with E-state index in [0.717, 1.165) is 16.6 Å². The number of aromatic nitrogens is 2. The van der Waals surface area contributed by atoms with Gasteiger partial charge >= 0.3 is 0 Å². The maximum Gasteiger partial charge on any atom is 0.261 e.